The summed E-state index contributed by atoms with van der Waals surface area (Å²) in [4.78, 5) is 0. The molecule has 0 aromatic rings. The fraction of sp³-hybridized carbons (Fsp3) is 0. The molecule has 0 unspecified atom stereocenters. The van der Waals surface area contributed by atoms with Crippen molar-refractivity contribution in [3.05, 3.63) is 0 Å². The Bertz CT molecular complexity index is 29.0. The van der Waals surface area contributed by atoms with Gasteiger partial charge in [0.2, 0.25) is 0 Å². The molecular weight excluding hydrogens is 174 g/mol. The molecule has 0 aliphatic heterocycles. The van der Waals surface area contributed by atoms with Crippen molar-refractivity contribution in [2.45, 2.75) is 0 Å². The fourth-order valence-corrected chi connectivity index (χ4v) is 0. The van der Waals surface area contributed by atoms with E-state index in [1.807, 2.05) is 0 Å². The van der Waals surface area contributed by atoms with Crippen molar-refractivity contribution in [1.29, 1.82) is 0 Å². The van der Waals surface area contributed by atoms with E-state index in [9.17, 15) is 0 Å². The number of rotatable bonds is 0. The van der Waals surface area contributed by atoms with Crippen LogP contribution in [0.5, 0.6) is 0 Å². The molecule has 0 nitrogen and oxygen atoms in total. The molecule has 0 saturated heterocycles. The molecule has 0 heterocycles. The van der Waals surface area contributed by atoms with Crippen molar-refractivity contribution in [3.63, 3.8) is 0 Å². The molecule has 0 spiro atoms. The number of hydrogen-bond acceptors (Lipinski definition) is 0. The van der Waals surface area contributed by atoms with Crippen LogP contribution >= 0.6 is 17.0 Å². The Morgan fingerprint density at radius 1 is 1.50 bits per heavy atom. The standard InChI is InChI=1S/CH2.2ClH.Zr/h1H2;2*1H;/q;;;+2/p-2. The van der Waals surface area contributed by atoms with Gasteiger partial charge in [0.25, 0.3) is 0 Å². The van der Waals surface area contributed by atoms with Crippen molar-refractivity contribution in [3.8, 4) is 0 Å². The van der Waals surface area contributed by atoms with Crippen LogP contribution in [-0.2, 0) is 18.9 Å². The second-order valence-corrected chi connectivity index (χ2v) is 8.55. The molecular formula is CH2Cl2Zr. The Balaban J connectivity index is 2.80. The van der Waals surface area contributed by atoms with Gasteiger partial charge in [0, 0.05) is 0 Å². The van der Waals surface area contributed by atoms with Crippen LogP contribution in [0.25, 0.3) is 0 Å². The van der Waals surface area contributed by atoms with Gasteiger partial charge in [-0.1, -0.05) is 0 Å². The molecule has 0 aromatic heterocycles. The van der Waals surface area contributed by atoms with E-state index in [1.54, 1.807) is 0 Å². The van der Waals surface area contributed by atoms with E-state index >= 15 is 0 Å². The van der Waals surface area contributed by atoms with Gasteiger partial charge in [-0.3, -0.25) is 0 Å². The molecule has 0 N–H and O–H groups in total. The van der Waals surface area contributed by atoms with E-state index in [2.05, 4.69) is 4.21 Å². The minimum absolute atomic E-state index is 1.85. The van der Waals surface area contributed by atoms with Gasteiger partial charge in [0.15, 0.2) is 0 Å². The van der Waals surface area contributed by atoms with Gasteiger partial charge in [-0.2, -0.15) is 0 Å². The van der Waals surface area contributed by atoms with Crippen LogP contribution in [0.4, 0.5) is 0 Å². The summed E-state index contributed by atoms with van der Waals surface area (Å²) in [6, 6.07) is 0. The van der Waals surface area contributed by atoms with E-state index in [0.29, 0.717) is 0 Å². The summed E-state index contributed by atoms with van der Waals surface area (Å²) in [5, 5.41) is 0. The molecule has 0 aliphatic carbocycles. The van der Waals surface area contributed by atoms with Gasteiger partial charge >= 0.3 is 40.1 Å². The third-order valence-corrected chi connectivity index (χ3v) is 0. The number of hydrogen-bond donors (Lipinski definition) is 0. The first-order valence-electron chi connectivity index (χ1n) is 0.732. The summed E-state index contributed by atoms with van der Waals surface area (Å²) in [5.74, 6) is 0. The average Bonchev–Trinajstić information content (AvgIpc) is 0.811. The monoisotopic (exact) mass is 174 g/mol. The van der Waals surface area contributed by atoms with Crippen LogP contribution in [0.3, 0.4) is 0 Å². The van der Waals surface area contributed by atoms with E-state index in [-0.39, 0.29) is 0 Å². The van der Waals surface area contributed by atoms with Crippen LogP contribution in [0.1, 0.15) is 0 Å². The van der Waals surface area contributed by atoms with Crippen molar-refractivity contribution < 1.29 is 18.9 Å². The van der Waals surface area contributed by atoms with Crippen LogP contribution in [-0.4, -0.2) is 4.21 Å². The first-order chi connectivity index (χ1) is 1.73. The summed E-state index contributed by atoms with van der Waals surface area (Å²) < 4.78 is 3.37. The topological polar surface area (TPSA) is 0 Å². The first-order valence-corrected chi connectivity index (χ1v) is 8.80. The van der Waals surface area contributed by atoms with Crippen LogP contribution < -0.4 is 0 Å². The fourth-order valence-electron chi connectivity index (χ4n) is 0. The van der Waals surface area contributed by atoms with Crippen LogP contribution in [0.2, 0.25) is 0 Å². The Morgan fingerprint density at radius 2 is 1.50 bits per heavy atom. The van der Waals surface area contributed by atoms with E-state index in [1.165, 1.54) is 0 Å². The average molecular weight is 176 g/mol. The quantitative estimate of drug-likeness (QED) is 0.522. The predicted octanol–water partition coefficient (Wildman–Crippen LogP) is 1.34. The molecule has 0 atom stereocenters. The van der Waals surface area contributed by atoms with Crippen molar-refractivity contribution in [1.82, 2.24) is 0 Å². The zero-order chi connectivity index (χ0) is 3.58. The Labute approximate surface area is 40.0 Å². The molecule has 0 radical (unpaired) electrons. The zero-order valence-corrected chi connectivity index (χ0v) is 5.93. The number of halogens is 2. The molecule has 24 valence electrons. The molecule has 0 bridgehead atoms. The summed E-state index contributed by atoms with van der Waals surface area (Å²) in [6.07, 6.45) is 0. The first kappa shape index (κ1) is 5.33. The Morgan fingerprint density at radius 3 is 1.50 bits per heavy atom. The van der Waals surface area contributed by atoms with Crippen molar-refractivity contribution >= 4 is 21.2 Å². The molecule has 0 fully saturated rings. The summed E-state index contributed by atoms with van der Waals surface area (Å²) >= 11 is -1.85. The summed E-state index contributed by atoms with van der Waals surface area (Å²) in [7, 11) is 10.3. The maximum absolute atomic E-state index is 5.13. The van der Waals surface area contributed by atoms with E-state index in [4.69, 9.17) is 17.0 Å². The summed E-state index contributed by atoms with van der Waals surface area (Å²) in [5.41, 5.74) is 0. The van der Waals surface area contributed by atoms with Crippen molar-refractivity contribution in [2.75, 3.05) is 0 Å². The second kappa shape index (κ2) is 2.56. The Hall–Kier alpha value is 1.33. The second-order valence-electron chi connectivity index (χ2n) is 0.339. The molecule has 4 heavy (non-hydrogen) atoms. The molecule has 0 amide bonds. The minimum atomic E-state index is -1.85. The SMILES string of the molecule is [CH2]=[Zr]([Cl])[Cl]. The van der Waals surface area contributed by atoms with Gasteiger partial charge in [-0.25, -0.2) is 0 Å². The van der Waals surface area contributed by atoms with Gasteiger partial charge in [0.1, 0.15) is 0 Å². The molecule has 0 rings (SSSR count). The molecule has 3 heteroatoms. The normalized spacial score (nSPS) is 6.50. The van der Waals surface area contributed by atoms with Gasteiger partial charge in [-0.05, 0) is 0 Å². The molecule has 0 saturated carbocycles. The summed E-state index contributed by atoms with van der Waals surface area (Å²) in [6.45, 7) is 0. The molecule has 0 aromatic carbocycles. The third kappa shape index (κ3) is 10.2. The van der Waals surface area contributed by atoms with Gasteiger partial charge in [-0.15, -0.1) is 0 Å². The van der Waals surface area contributed by atoms with Crippen LogP contribution in [0.15, 0.2) is 0 Å². The van der Waals surface area contributed by atoms with Crippen LogP contribution in [0, 0.1) is 0 Å². The van der Waals surface area contributed by atoms with E-state index in [0.717, 1.165) is 0 Å². The zero-order valence-electron chi connectivity index (χ0n) is 1.96. The maximum atomic E-state index is 5.13. The van der Waals surface area contributed by atoms with Gasteiger partial charge in [0.05, 0.1) is 0 Å². The Kier molecular flexibility index (Phi) is 3.42. The van der Waals surface area contributed by atoms with Gasteiger partial charge < -0.3 is 0 Å². The van der Waals surface area contributed by atoms with Crippen molar-refractivity contribution in [2.24, 2.45) is 0 Å². The predicted molar refractivity (Wildman–Crippen MR) is 18.8 cm³/mol. The third-order valence-electron chi connectivity index (χ3n) is 0. The van der Waals surface area contributed by atoms with E-state index < -0.39 is 18.9 Å². The molecule has 0 aliphatic rings.